The quantitative estimate of drug-likeness (QED) is 0.848. The Morgan fingerprint density at radius 2 is 1.95 bits per heavy atom. The molecule has 0 bridgehead atoms. The monoisotopic (exact) mass is 274 g/mol. The lowest BCUT2D eigenvalue weighted by Crippen LogP contribution is -2.37. The van der Waals surface area contributed by atoms with Crippen LogP contribution in [-0.4, -0.2) is 24.0 Å². The van der Waals surface area contributed by atoms with E-state index in [-0.39, 0.29) is 0 Å². The van der Waals surface area contributed by atoms with Crippen LogP contribution in [0.25, 0.3) is 0 Å². The fourth-order valence-electron chi connectivity index (χ4n) is 2.99. The van der Waals surface area contributed by atoms with Crippen molar-refractivity contribution in [3.05, 3.63) is 35.4 Å². The smallest absolute Gasteiger partial charge is 0.0239 e. The second kappa shape index (κ2) is 7.80. The Morgan fingerprint density at radius 1 is 1.20 bits per heavy atom. The van der Waals surface area contributed by atoms with Crippen molar-refractivity contribution in [2.24, 2.45) is 5.92 Å². The minimum Gasteiger partial charge on any atom is -0.312 e. The van der Waals surface area contributed by atoms with E-state index in [4.69, 9.17) is 0 Å². The summed E-state index contributed by atoms with van der Waals surface area (Å²) in [5, 5.41) is 3.57. The lowest BCUT2D eigenvalue weighted by molar-refractivity contribution is 0.152. The molecule has 1 aliphatic rings. The van der Waals surface area contributed by atoms with Crippen LogP contribution in [0.1, 0.15) is 51.2 Å². The Bertz CT molecular complexity index is 400. The molecule has 1 fully saturated rings. The number of nitrogens with zero attached hydrogens (tertiary/aromatic N) is 1. The van der Waals surface area contributed by atoms with Gasteiger partial charge in [0.1, 0.15) is 0 Å². The van der Waals surface area contributed by atoms with E-state index in [0.717, 1.165) is 25.7 Å². The lowest BCUT2D eigenvalue weighted by atomic mass is 10.0. The first-order chi connectivity index (χ1) is 9.66. The van der Waals surface area contributed by atoms with Crippen LogP contribution in [0.15, 0.2) is 24.3 Å². The molecule has 0 amide bonds. The van der Waals surface area contributed by atoms with Crippen LogP contribution in [-0.2, 0) is 13.1 Å². The summed E-state index contributed by atoms with van der Waals surface area (Å²) in [4.78, 5) is 2.64. The Balaban J connectivity index is 1.96. The van der Waals surface area contributed by atoms with E-state index in [1.54, 1.807) is 0 Å². The maximum atomic E-state index is 3.57. The van der Waals surface area contributed by atoms with Gasteiger partial charge in [-0.3, -0.25) is 4.90 Å². The lowest BCUT2D eigenvalue weighted by Gasteiger charge is -2.33. The normalized spacial score (nSPS) is 20.5. The van der Waals surface area contributed by atoms with Gasteiger partial charge in [-0.2, -0.15) is 0 Å². The standard InChI is InChI=1S/C18H30N2/c1-15(2)12-19-13-17-9-4-5-10-18(17)14-20-11-7-6-8-16(20)3/h4-5,9-10,15-16,19H,6-8,11-14H2,1-3H3. The van der Waals surface area contributed by atoms with Crippen LogP contribution >= 0.6 is 0 Å². The summed E-state index contributed by atoms with van der Waals surface area (Å²) in [5.41, 5.74) is 2.96. The van der Waals surface area contributed by atoms with Gasteiger partial charge in [0, 0.05) is 19.1 Å². The molecule has 0 saturated carbocycles. The van der Waals surface area contributed by atoms with E-state index in [1.807, 2.05) is 0 Å². The van der Waals surface area contributed by atoms with Crippen molar-refractivity contribution in [3.8, 4) is 0 Å². The van der Waals surface area contributed by atoms with Crippen LogP contribution in [0.2, 0.25) is 0 Å². The molecule has 1 aliphatic heterocycles. The zero-order chi connectivity index (χ0) is 14.4. The van der Waals surface area contributed by atoms with Gasteiger partial charge in [-0.15, -0.1) is 0 Å². The molecule has 1 aromatic rings. The van der Waals surface area contributed by atoms with Gasteiger partial charge in [0.25, 0.3) is 0 Å². The first-order valence-electron chi connectivity index (χ1n) is 8.18. The van der Waals surface area contributed by atoms with Crippen LogP contribution in [0.5, 0.6) is 0 Å². The number of likely N-dealkylation sites (tertiary alicyclic amines) is 1. The van der Waals surface area contributed by atoms with Crippen molar-refractivity contribution in [3.63, 3.8) is 0 Å². The zero-order valence-corrected chi connectivity index (χ0v) is 13.4. The molecule has 1 unspecified atom stereocenters. The van der Waals surface area contributed by atoms with E-state index in [9.17, 15) is 0 Å². The highest BCUT2D eigenvalue weighted by Crippen LogP contribution is 2.20. The predicted molar refractivity (Wildman–Crippen MR) is 86.7 cm³/mol. The topological polar surface area (TPSA) is 15.3 Å². The van der Waals surface area contributed by atoms with Gasteiger partial charge < -0.3 is 5.32 Å². The summed E-state index contributed by atoms with van der Waals surface area (Å²) in [5.74, 6) is 0.712. The summed E-state index contributed by atoms with van der Waals surface area (Å²) in [6.07, 6.45) is 4.11. The Morgan fingerprint density at radius 3 is 2.65 bits per heavy atom. The molecule has 20 heavy (non-hydrogen) atoms. The molecule has 2 heteroatoms. The number of hydrogen-bond donors (Lipinski definition) is 1. The molecule has 1 aromatic carbocycles. The molecule has 2 rings (SSSR count). The number of benzene rings is 1. The fraction of sp³-hybridized carbons (Fsp3) is 0.667. The van der Waals surface area contributed by atoms with Gasteiger partial charge in [-0.25, -0.2) is 0 Å². The van der Waals surface area contributed by atoms with E-state index < -0.39 is 0 Å². The second-order valence-corrected chi connectivity index (χ2v) is 6.61. The van der Waals surface area contributed by atoms with E-state index in [2.05, 4.69) is 55.3 Å². The maximum Gasteiger partial charge on any atom is 0.0239 e. The highest BCUT2D eigenvalue weighted by atomic mass is 15.2. The highest BCUT2D eigenvalue weighted by molar-refractivity contribution is 5.27. The third-order valence-corrected chi connectivity index (χ3v) is 4.30. The molecule has 1 N–H and O–H groups in total. The summed E-state index contributed by atoms with van der Waals surface area (Å²) in [7, 11) is 0. The van der Waals surface area contributed by atoms with Gasteiger partial charge in [0.15, 0.2) is 0 Å². The second-order valence-electron chi connectivity index (χ2n) is 6.61. The number of piperidine rings is 1. The molecular weight excluding hydrogens is 244 g/mol. The van der Waals surface area contributed by atoms with Crippen molar-refractivity contribution in [1.29, 1.82) is 0 Å². The van der Waals surface area contributed by atoms with Gasteiger partial charge in [-0.1, -0.05) is 44.5 Å². The summed E-state index contributed by atoms with van der Waals surface area (Å²) >= 11 is 0. The number of rotatable bonds is 6. The first-order valence-corrected chi connectivity index (χ1v) is 8.18. The summed E-state index contributed by atoms with van der Waals surface area (Å²) in [6, 6.07) is 9.65. The van der Waals surface area contributed by atoms with E-state index in [1.165, 1.54) is 36.9 Å². The van der Waals surface area contributed by atoms with Gasteiger partial charge in [0.05, 0.1) is 0 Å². The first kappa shape index (κ1) is 15.5. The van der Waals surface area contributed by atoms with Crippen molar-refractivity contribution >= 4 is 0 Å². The van der Waals surface area contributed by atoms with Crippen LogP contribution in [0.4, 0.5) is 0 Å². The molecule has 112 valence electrons. The van der Waals surface area contributed by atoms with E-state index >= 15 is 0 Å². The van der Waals surface area contributed by atoms with Crippen LogP contribution in [0.3, 0.4) is 0 Å². The fourth-order valence-corrected chi connectivity index (χ4v) is 2.99. The molecule has 1 atom stereocenters. The van der Waals surface area contributed by atoms with Crippen molar-refractivity contribution < 1.29 is 0 Å². The summed E-state index contributed by atoms with van der Waals surface area (Å²) < 4.78 is 0. The number of nitrogens with one attached hydrogen (secondary N) is 1. The van der Waals surface area contributed by atoms with Crippen molar-refractivity contribution in [2.75, 3.05) is 13.1 Å². The molecule has 0 aromatic heterocycles. The average Bonchev–Trinajstić information content (AvgIpc) is 2.43. The third-order valence-electron chi connectivity index (χ3n) is 4.30. The van der Waals surface area contributed by atoms with Gasteiger partial charge in [0.2, 0.25) is 0 Å². The molecule has 0 radical (unpaired) electrons. The highest BCUT2D eigenvalue weighted by Gasteiger charge is 2.18. The molecule has 1 saturated heterocycles. The Hall–Kier alpha value is -0.860. The maximum absolute atomic E-state index is 3.57. The van der Waals surface area contributed by atoms with Crippen molar-refractivity contribution in [1.82, 2.24) is 10.2 Å². The Labute approximate surface area is 124 Å². The Kier molecular flexibility index (Phi) is 6.06. The number of hydrogen-bond acceptors (Lipinski definition) is 2. The predicted octanol–water partition coefficient (Wildman–Crippen LogP) is 3.81. The van der Waals surface area contributed by atoms with Crippen LogP contribution < -0.4 is 5.32 Å². The zero-order valence-electron chi connectivity index (χ0n) is 13.4. The molecule has 1 heterocycles. The molecular formula is C18H30N2. The summed E-state index contributed by atoms with van der Waals surface area (Å²) in [6.45, 7) is 11.3. The van der Waals surface area contributed by atoms with E-state index in [0.29, 0.717) is 5.92 Å². The average molecular weight is 274 g/mol. The largest absolute Gasteiger partial charge is 0.312 e. The van der Waals surface area contributed by atoms with Crippen LogP contribution in [0, 0.1) is 5.92 Å². The third kappa shape index (κ3) is 4.60. The van der Waals surface area contributed by atoms with Crippen molar-refractivity contribution in [2.45, 2.75) is 59.2 Å². The molecule has 2 nitrogen and oxygen atoms in total. The molecule has 0 spiro atoms. The minimum absolute atomic E-state index is 0.712. The molecule has 0 aliphatic carbocycles. The van der Waals surface area contributed by atoms with Gasteiger partial charge >= 0.3 is 0 Å². The SMILES string of the molecule is CC(C)CNCc1ccccc1CN1CCCCC1C. The van der Waals surface area contributed by atoms with Gasteiger partial charge in [-0.05, 0) is 49.9 Å². The minimum atomic E-state index is 0.712.